The largest absolute Gasteiger partial charge is 0.454 e. The number of allylic oxidation sites excluding steroid dienone is 1. The van der Waals surface area contributed by atoms with E-state index in [9.17, 15) is 4.79 Å². The van der Waals surface area contributed by atoms with Crippen molar-refractivity contribution in [3.05, 3.63) is 53.6 Å². The van der Waals surface area contributed by atoms with Crippen molar-refractivity contribution < 1.29 is 9.53 Å². The second-order valence-corrected chi connectivity index (χ2v) is 5.72. The van der Waals surface area contributed by atoms with Gasteiger partial charge in [-0.3, -0.25) is 0 Å². The van der Waals surface area contributed by atoms with E-state index >= 15 is 0 Å². The molecule has 6 heteroatoms. The Morgan fingerprint density at radius 3 is 2.33 bits per heavy atom. The van der Waals surface area contributed by atoms with E-state index < -0.39 is 5.92 Å². The lowest BCUT2D eigenvalue weighted by Crippen LogP contribution is -2.13. The molecular weight excluding hydrogens is 326 g/mol. The number of aldehydes is 1. The number of hydrogen-bond acceptors (Lipinski definition) is 5. The van der Waals surface area contributed by atoms with Crippen LogP contribution in [-0.2, 0) is 4.79 Å². The molecule has 3 rings (SSSR count). The molecule has 2 aromatic rings. The molecule has 0 spiro atoms. The molecule has 1 atom stereocenters. The molecule has 0 amide bonds. The minimum absolute atomic E-state index is 0. The molecule has 1 heterocycles. The second-order valence-electron chi connectivity index (χ2n) is 5.72. The van der Waals surface area contributed by atoms with Gasteiger partial charge in [0.15, 0.2) is 5.75 Å². The Labute approximate surface area is 147 Å². The molecule has 1 aliphatic heterocycles. The van der Waals surface area contributed by atoms with Crippen LogP contribution in [0.1, 0.15) is 17.0 Å². The summed E-state index contributed by atoms with van der Waals surface area (Å²) in [5.74, 6) is 0.679. The Bertz CT molecular complexity index is 786. The topological polar surface area (TPSA) is 81.6 Å². The van der Waals surface area contributed by atoms with Crippen LogP contribution in [0.2, 0.25) is 0 Å². The molecule has 1 unspecified atom stereocenters. The van der Waals surface area contributed by atoms with Crippen LogP contribution < -0.4 is 21.1 Å². The fourth-order valence-electron chi connectivity index (χ4n) is 2.60. The Balaban J connectivity index is 0.00000208. The van der Waals surface area contributed by atoms with Gasteiger partial charge in [-0.1, -0.05) is 6.07 Å². The fourth-order valence-corrected chi connectivity index (χ4v) is 2.60. The average molecular weight is 346 g/mol. The smallest absolute Gasteiger partial charge is 0.156 e. The molecule has 4 N–H and O–H groups in total. The summed E-state index contributed by atoms with van der Waals surface area (Å²) in [6.07, 6.45) is 2.68. The first-order chi connectivity index (χ1) is 11.0. The van der Waals surface area contributed by atoms with Crippen LogP contribution in [0, 0.1) is 0 Å². The summed E-state index contributed by atoms with van der Waals surface area (Å²) in [6, 6.07) is 11.4. The first-order valence-electron chi connectivity index (χ1n) is 7.32. The predicted molar refractivity (Wildman–Crippen MR) is 101 cm³/mol. The van der Waals surface area contributed by atoms with E-state index in [0.717, 1.165) is 23.1 Å². The van der Waals surface area contributed by atoms with Gasteiger partial charge < -0.3 is 25.9 Å². The van der Waals surface area contributed by atoms with Gasteiger partial charge in [0.25, 0.3) is 0 Å². The van der Waals surface area contributed by atoms with Crippen molar-refractivity contribution in [2.75, 3.05) is 30.5 Å². The molecule has 0 aromatic heterocycles. The molecule has 5 nitrogen and oxygen atoms in total. The SMILES string of the molecule is CN(C)c1ccc(C2=CC(C=O)c3ccc(N)c(N)c3O2)cc1.Cl. The average Bonchev–Trinajstić information content (AvgIpc) is 2.57. The number of nitrogens with zero attached hydrogens (tertiary/aromatic N) is 1. The quantitative estimate of drug-likeness (QED) is 0.660. The highest BCUT2D eigenvalue weighted by molar-refractivity contribution is 5.85. The van der Waals surface area contributed by atoms with E-state index in [-0.39, 0.29) is 12.4 Å². The van der Waals surface area contributed by atoms with Crippen LogP contribution in [0.25, 0.3) is 5.76 Å². The van der Waals surface area contributed by atoms with Crippen molar-refractivity contribution in [1.29, 1.82) is 0 Å². The van der Waals surface area contributed by atoms with E-state index in [2.05, 4.69) is 0 Å². The van der Waals surface area contributed by atoms with E-state index in [4.69, 9.17) is 16.2 Å². The predicted octanol–water partition coefficient (Wildman–Crippen LogP) is 3.05. The Morgan fingerprint density at radius 2 is 1.75 bits per heavy atom. The highest BCUT2D eigenvalue weighted by Gasteiger charge is 2.25. The summed E-state index contributed by atoms with van der Waals surface area (Å²) in [4.78, 5) is 13.5. The number of benzene rings is 2. The van der Waals surface area contributed by atoms with Crippen molar-refractivity contribution >= 4 is 41.5 Å². The van der Waals surface area contributed by atoms with Crippen molar-refractivity contribution in [3.63, 3.8) is 0 Å². The summed E-state index contributed by atoms with van der Waals surface area (Å²) < 4.78 is 5.95. The summed E-state index contributed by atoms with van der Waals surface area (Å²) in [5, 5.41) is 0. The lowest BCUT2D eigenvalue weighted by molar-refractivity contribution is -0.108. The van der Waals surface area contributed by atoms with Crippen LogP contribution in [0.5, 0.6) is 5.75 Å². The molecule has 0 saturated heterocycles. The molecule has 0 saturated carbocycles. The first kappa shape index (κ1) is 17.7. The Hall–Kier alpha value is -2.66. The Morgan fingerprint density at radius 1 is 1.08 bits per heavy atom. The number of nitrogens with two attached hydrogens (primary N) is 2. The summed E-state index contributed by atoms with van der Waals surface area (Å²) in [6.45, 7) is 0. The van der Waals surface area contributed by atoms with Crippen LogP contribution in [0.15, 0.2) is 42.5 Å². The number of fused-ring (bicyclic) bond motifs is 1. The molecule has 1 aliphatic rings. The maximum absolute atomic E-state index is 11.5. The highest BCUT2D eigenvalue weighted by Crippen LogP contribution is 2.42. The third-order valence-electron chi connectivity index (χ3n) is 3.98. The lowest BCUT2D eigenvalue weighted by Gasteiger charge is -2.24. The van der Waals surface area contributed by atoms with Crippen LogP contribution in [0.3, 0.4) is 0 Å². The minimum atomic E-state index is -0.398. The first-order valence-corrected chi connectivity index (χ1v) is 7.32. The van der Waals surface area contributed by atoms with E-state index in [1.54, 1.807) is 18.2 Å². The van der Waals surface area contributed by atoms with Gasteiger partial charge in [-0.25, -0.2) is 0 Å². The van der Waals surface area contributed by atoms with Gasteiger partial charge in [0.2, 0.25) is 0 Å². The number of carbonyl (C=O) groups excluding carboxylic acids is 1. The number of rotatable bonds is 3. The summed E-state index contributed by atoms with van der Waals surface area (Å²) >= 11 is 0. The minimum Gasteiger partial charge on any atom is -0.454 e. The number of halogens is 1. The van der Waals surface area contributed by atoms with Crippen molar-refractivity contribution in [2.45, 2.75) is 5.92 Å². The zero-order valence-corrected chi connectivity index (χ0v) is 14.3. The highest BCUT2D eigenvalue weighted by atomic mass is 35.5. The monoisotopic (exact) mass is 345 g/mol. The van der Waals surface area contributed by atoms with Gasteiger partial charge in [0, 0.05) is 30.9 Å². The molecule has 0 radical (unpaired) electrons. The number of nitrogen functional groups attached to an aromatic ring is 2. The lowest BCUT2D eigenvalue weighted by atomic mass is 9.94. The Kier molecular flexibility index (Phi) is 5.04. The molecule has 0 fully saturated rings. The normalized spacial score (nSPS) is 15.4. The van der Waals surface area contributed by atoms with Gasteiger partial charge in [-0.2, -0.15) is 0 Å². The number of carbonyl (C=O) groups is 1. The van der Waals surface area contributed by atoms with Gasteiger partial charge in [-0.15, -0.1) is 12.4 Å². The summed E-state index contributed by atoms with van der Waals surface area (Å²) in [7, 11) is 3.96. The molecule has 0 bridgehead atoms. The number of ether oxygens (including phenoxy) is 1. The van der Waals surface area contributed by atoms with Gasteiger partial charge in [0.05, 0.1) is 17.3 Å². The molecule has 2 aromatic carbocycles. The van der Waals surface area contributed by atoms with E-state index in [0.29, 0.717) is 22.9 Å². The van der Waals surface area contributed by atoms with Gasteiger partial charge in [-0.05, 0) is 36.4 Å². The second kappa shape index (κ2) is 6.84. The maximum atomic E-state index is 11.5. The zero-order chi connectivity index (χ0) is 16.6. The van der Waals surface area contributed by atoms with E-state index in [1.165, 1.54) is 0 Å². The van der Waals surface area contributed by atoms with Gasteiger partial charge in [0.1, 0.15) is 12.0 Å². The maximum Gasteiger partial charge on any atom is 0.156 e. The number of hydrogen-bond donors (Lipinski definition) is 2. The zero-order valence-electron chi connectivity index (χ0n) is 13.5. The third kappa shape index (κ3) is 3.03. The van der Waals surface area contributed by atoms with Crippen LogP contribution >= 0.6 is 12.4 Å². The third-order valence-corrected chi connectivity index (χ3v) is 3.98. The van der Waals surface area contributed by atoms with Crippen LogP contribution in [-0.4, -0.2) is 20.4 Å². The molecular formula is C18H20ClN3O2. The van der Waals surface area contributed by atoms with Crippen LogP contribution in [0.4, 0.5) is 17.1 Å². The molecule has 126 valence electrons. The fraction of sp³-hybridized carbons (Fsp3) is 0.167. The molecule has 0 aliphatic carbocycles. The van der Waals surface area contributed by atoms with E-state index in [1.807, 2.05) is 43.3 Å². The number of anilines is 3. The van der Waals surface area contributed by atoms with Crippen molar-refractivity contribution in [3.8, 4) is 5.75 Å². The van der Waals surface area contributed by atoms with Crippen molar-refractivity contribution in [2.24, 2.45) is 0 Å². The summed E-state index contributed by atoms with van der Waals surface area (Å²) in [5.41, 5.74) is 15.4. The van der Waals surface area contributed by atoms with Gasteiger partial charge >= 0.3 is 0 Å². The standard InChI is InChI=1S/C18H19N3O2.ClH/c1-21(2)13-5-3-11(4-6-13)16-9-12(10-22)14-7-8-15(19)17(20)18(14)23-16;/h3-10,12H,19-20H2,1-2H3;1H. The molecule has 24 heavy (non-hydrogen) atoms. The van der Waals surface area contributed by atoms with Crippen molar-refractivity contribution in [1.82, 2.24) is 0 Å².